The van der Waals surface area contributed by atoms with E-state index >= 15 is 0 Å². The second-order valence-electron chi connectivity index (χ2n) is 4.25. The largest absolute Gasteiger partial charge is 0.383 e. The average molecular weight is 351 g/mol. The van der Waals surface area contributed by atoms with Crippen LogP contribution in [0.3, 0.4) is 0 Å². The van der Waals surface area contributed by atoms with Crippen molar-refractivity contribution in [3.63, 3.8) is 0 Å². The number of nitrogens with two attached hydrogens (primary N) is 1. The fourth-order valence-corrected chi connectivity index (χ4v) is 2.11. The molecule has 0 aliphatic rings. The van der Waals surface area contributed by atoms with E-state index in [-0.39, 0.29) is 17.1 Å². The van der Waals surface area contributed by atoms with Crippen LogP contribution < -0.4 is 11.1 Å². The van der Waals surface area contributed by atoms with Crippen molar-refractivity contribution in [3.05, 3.63) is 56.2 Å². The third kappa shape index (κ3) is 3.16. The molecule has 1 amide bonds. The van der Waals surface area contributed by atoms with Gasteiger partial charge in [-0.2, -0.15) is 0 Å². The number of amides is 1. The summed E-state index contributed by atoms with van der Waals surface area (Å²) in [6.45, 7) is 1.57. The van der Waals surface area contributed by atoms with Gasteiger partial charge in [-0.25, -0.2) is 4.98 Å². The Kier molecular flexibility index (Phi) is 4.18. The molecule has 1 heterocycles. The number of nitrogens with one attached hydrogen (secondary N) is 1. The Bertz CT molecular complexity index is 733. The van der Waals surface area contributed by atoms with Crippen LogP contribution in [0.5, 0.6) is 0 Å². The van der Waals surface area contributed by atoms with Gasteiger partial charge in [0.1, 0.15) is 5.82 Å². The molecule has 7 nitrogen and oxygen atoms in total. The van der Waals surface area contributed by atoms with Gasteiger partial charge in [0.2, 0.25) is 0 Å². The fourth-order valence-electron chi connectivity index (χ4n) is 1.78. The molecule has 0 saturated heterocycles. The summed E-state index contributed by atoms with van der Waals surface area (Å²) in [5.74, 6) is -0.399. The molecule has 0 bridgehead atoms. The summed E-state index contributed by atoms with van der Waals surface area (Å²) < 4.78 is 0.609. The highest BCUT2D eigenvalue weighted by Crippen LogP contribution is 2.26. The first-order valence-corrected chi connectivity index (χ1v) is 6.66. The SMILES string of the molecule is Cc1c(NC(=O)c2cc(Br)cnc2N)cccc1[N+](=O)[O-]. The van der Waals surface area contributed by atoms with E-state index in [2.05, 4.69) is 26.2 Å². The number of carbonyl (C=O) groups excluding carboxylic acids is 1. The standard InChI is InChI=1S/C13H11BrN4O3/c1-7-10(3-2-4-11(7)18(20)21)17-13(19)9-5-8(14)6-16-12(9)15/h2-6H,1H3,(H2,15,16)(H,17,19). The first kappa shape index (κ1) is 14.9. The van der Waals surface area contributed by atoms with E-state index in [4.69, 9.17) is 5.73 Å². The minimum atomic E-state index is -0.500. The van der Waals surface area contributed by atoms with Crippen LogP contribution in [0.2, 0.25) is 0 Å². The van der Waals surface area contributed by atoms with Gasteiger partial charge >= 0.3 is 0 Å². The summed E-state index contributed by atoms with van der Waals surface area (Å²) in [6.07, 6.45) is 1.48. The maximum atomic E-state index is 12.2. The van der Waals surface area contributed by atoms with Crippen LogP contribution in [0.15, 0.2) is 34.9 Å². The smallest absolute Gasteiger partial charge is 0.274 e. The second-order valence-corrected chi connectivity index (χ2v) is 5.16. The molecule has 2 aromatic rings. The lowest BCUT2D eigenvalue weighted by Gasteiger charge is -2.10. The lowest BCUT2D eigenvalue weighted by molar-refractivity contribution is -0.385. The number of rotatable bonds is 3. The quantitative estimate of drug-likeness (QED) is 0.652. The summed E-state index contributed by atoms with van der Waals surface area (Å²) in [7, 11) is 0. The van der Waals surface area contributed by atoms with Crippen molar-refractivity contribution in [1.82, 2.24) is 4.98 Å². The predicted octanol–water partition coefficient (Wildman–Crippen LogP) is 2.90. The average Bonchev–Trinajstić information content (AvgIpc) is 2.43. The molecule has 3 N–H and O–H groups in total. The Hall–Kier alpha value is -2.48. The van der Waals surface area contributed by atoms with Crippen LogP contribution in [-0.4, -0.2) is 15.8 Å². The number of hydrogen-bond donors (Lipinski definition) is 2. The molecular weight excluding hydrogens is 340 g/mol. The summed E-state index contributed by atoms with van der Waals surface area (Å²) in [5, 5.41) is 13.5. The third-order valence-corrected chi connectivity index (χ3v) is 3.31. The summed E-state index contributed by atoms with van der Waals surface area (Å²) in [5.41, 5.74) is 6.52. The minimum Gasteiger partial charge on any atom is -0.383 e. The molecule has 0 aliphatic heterocycles. The van der Waals surface area contributed by atoms with Crippen molar-refractivity contribution in [3.8, 4) is 0 Å². The van der Waals surface area contributed by atoms with Crippen LogP contribution in [0.1, 0.15) is 15.9 Å². The van der Waals surface area contributed by atoms with Crippen molar-refractivity contribution >= 4 is 39.0 Å². The Morgan fingerprint density at radius 3 is 2.86 bits per heavy atom. The Morgan fingerprint density at radius 1 is 1.48 bits per heavy atom. The highest BCUT2D eigenvalue weighted by molar-refractivity contribution is 9.10. The number of anilines is 2. The number of nitro groups is 1. The predicted molar refractivity (Wildman–Crippen MR) is 82.1 cm³/mol. The molecule has 8 heteroatoms. The topological polar surface area (TPSA) is 111 Å². The number of nitro benzene ring substituents is 1. The Labute approximate surface area is 128 Å². The first-order chi connectivity index (χ1) is 9.90. The minimum absolute atomic E-state index is 0.0619. The van der Waals surface area contributed by atoms with Gasteiger partial charge in [-0.05, 0) is 35.0 Å². The lowest BCUT2D eigenvalue weighted by Crippen LogP contribution is -2.15. The molecule has 0 unspecified atom stereocenters. The highest BCUT2D eigenvalue weighted by atomic mass is 79.9. The number of nitrogen functional groups attached to an aromatic ring is 1. The zero-order valence-corrected chi connectivity index (χ0v) is 12.5. The van der Waals surface area contributed by atoms with E-state index in [1.807, 2.05) is 0 Å². The fraction of sp³-hybridized carbons (Fsp3) is 0.0769. The van der Waals surface area contributed by atoms with E-state index in [1.54, 1.807) is 13.0 Å². The van der Waals surface area contributed by atoms with E-state index in [9.17, 15) is 14.9 Å². The third-order valence-electron chi connectivity index (χ3n) is 2.88. The number of nitrogens with zero attached hydrogens (tertiary/aromatic N) is 2. The highest BCUT2D eigenvalue weighted by Gasteiger charge is 2.17. The molecular formula is C13H11BrN4O3. The van der Waals surface area contributed by atoms with Crippen molar-refractivity contribution in [1.29, 1.82) is 0 Å². The van der Waals surface area contributed by atoms with Crippen molar-refractivity contribution in [2.75, 3.05) is 11.1 Å². The molecule has 2 rings (SSSR count). The molecule has 0 saturated carbocycles. The first-order valence-electron chi connectivity index (χ1n) is 5.86. The van der Waals surface area contributed by atoms with Gasteiger partial charge in [0, 0.05) is 16.7 Å². The number of benzene rings is 1. The van der Waals surface area contributed by atoms with Crippen LogP contribution >= 0.6 is 15.9 Å². The second kappa shape index (κ2) is 5.88. The molecule has 1 aromatic carbocycles. The molecule has 0 spiro atoms. The molecule has 0 fully saturated rings. The molecule has 0 radical (unpaired) electrons. The Balaban J connectivity index is 2.34. The molecule has 0 aliphatic carbocycles. The van der Waals surface area contributed by atoms with Crippen molar-refractivity contribution in [2.24, 2.45) is 0 Å². The van der Waals surface area contributed by atoms with Gasteiger partial charge in [-0.3, -0.25) is 14.9 Å². The van der Waals surface area contributed by atoms with Crippen LogP contribution in [0.4, 0.5) is 17.2 Å². The van der Waals surface area contributed by atoms with Crippen molar-refractivity contribution < 1.29 is 9.72 Å². The normalized spacial score (nSPS) is 10.2. The van der Waals surface area contributed by atoms with Gasteiger partial charge in [-0.1, -0.05) is 6.07 Å². The van der Waals surface area contributed by atoms with Crippen LogP contribution in [0, 0.1) is 17.0 Å². The zero-order chi connectivity index (χ0) is 15.6. The van der Waals surface area contributed by atoms with E-state index in [0.29, 0.717) is 15.7 Å². The van der Waals surface area contributed by atoms with Crippen molar-refractivity contribution in [2.45, 2.75) is 6.92 Å². The summed E-state index contributed by atoms with van der Waals surface area (Å²) in [4.78, 5) is 26.5. The zero-order valence-electron chi connectivity index (χ0n) is 11.0. The molecule has 0 atom stereocenters. The lowest BCUT2D eigenvalue weighted by atomic mass is 10.1. The summed E-state index contributed by atoms with van der Waals surface area (Å²) in [6, 6.07) is 6.00. The van der Waals surface area contributed by atoms with Gasteiger partial charge in [0.05, 0.1) is 21.7 Å². The number of pyridine rings is 1. The number of halogens is 1. The van der Waals surface area contributed by atoms with E-state index in [0.717, 1.165) is 0 Å². The van der Waals surface area contributed by atoms with Crippen LogP contribution in [-0.2, 0) is 0 Å². The van der Waals surface area contributed by atoms with Gasteiger partial charge in [0.15, 0.2) is 0 Å². The number of aromatic nitrogens is 1. The Morgan fingerprint density at radius 2 is 2.19 bits per heavy atom. The monoisotopic (exact) mass is 350 g/mol. The van der Waals surface area contributed by atoms with Gasteiger partial charge < -0.3 is 11.1 Å². The number of hydrogen-bond acceptors (Lipinski definition) is 5. The maximum Gasteiger partial charge on any atom is 0.274 e. The molecule has 108 valence electrons. The van der Waals surface area contributed by atoms with Gasteiger partial charge in [0.25, 0.3) is 11.6 Å². The van der Waals surface area contributed by atoms with Gasteiger partial charge in [-0.15, -0.1) is 0 Å². The molecule has 21 heavy (non-hydrogen) atoms. The van der Waals surface area contributed by atoms with E-state index in [1.165, 1.54) is 24.4 Å². The summed E-state index contributed by atoms with van der Waals surface area (Å²) >= 11 is 3.21. The number of carbonyl (C=O) groups is 1. The molecule has 1 aromatic heterocycles. The maximum absolute atomic E-state index is 12.2. The van der Waals surface area contributed by atoms with Crippen LogP contribution in [0.25, 0.3) is 0 Å². The van der Waals surface area contributed by atoms with E-state index < -0.39 is 10.8 Å².